The molecule has 1 rings (SSSR count). The molecule has 0 amide bonds. The Hall–Kier alpha value is 0. The van der Waals surface area contributed by atoms with Gasteiger partial charge < -0.3 is 0 Å². The first-order valence-corrected chi connectivity index (χ1v) is 9.70. The van der Waals surface area contributed by atoms with Crippen molar-refractivity contribution in [1.82, 2.24) is 0 Å². The Balaban J connectivity index is 2.86. The first-order chi connectivity index (χ1) is 9.70. The standard InChI is InChI=1S/C21H42/c1-9-21(8)12-10-19(14-17(6)15(2)3)20(11-13-21)18(7)16(4)5/h15-20H,9-14H2,1-8H3. The summed E-state index contributed by atoms with van der Waals surface area (Å²) in [6, 6.07) is 0. The van der Waals surface area contributed by atoms with Crippen LogP contribution < -0.4 is 0 Å². The average Bonchev–Trinajstić information content (AvgIpc) is 2.58. The zero-order valence-electron chi connectivity index (χ0n) is 16.2. The number of rotatable bonds is 6. The lowest BCUT2D eigenvalue weighted by Gasteiger charge is -2.35. The lowest BCUT2D eigenvalue weighted by atomic mass is 9.71. The topological polar surface area (TPSA) is 0 Å². The molecule has 0 heterocycles. The van der Waals surface area contributed by atoms with Crippen molar-refractivity contribution in [3.63, 3.8) is 0 Å². The molecular formula is C21H42. The summed E-state index contributed by atoms with van der Waals surface area (Å²) in [7, 11) is 0. The molecule has 5 unspecified atom stereocenters. The third-order valence-corrected chi connectivity index (χ3v) is 7.20. The predicted octanol–water partition coefficient (Wildman–Crippen LogP) is 7.18. The quantitative estimate of drug-likeness (QED) is 0.455. The van der Waals surface area contributed by atoms with Gasteiger partial charge in [0.25, 0.3) is 0 Å². The van der Waals surface area contributed by atoms with Gasteiger partial charge in [-0.2, -0.15) is 0 Å². The lowest BCUT2D eigenvalue weighted by Crippen LogP contribution is -2.26. The summed E-state index contributed by atoms with van der Waals surface area (Å²) in [5.41, 5.74) is 0.616. The van der Waals surface area contributed by atoms with Gasteiger partial charge in [0, 0.05) is 0 Å². The monoisotopic (exact) mass is 294 g/mol. The Morgan fingerprint density at radius 1 is 0.905 bits per heavy atom. The van der Waals surface area contributed by atoms with Crippen LogP contribution in [0.25, 0.3) is 0 Å². The van der Waals surface area contributed by atoms with Gasteiger partial charge in [-0.3, -0.25) is 0 Å². The highest BCUT2D eigenvalue weighted by molar-refractivity contribution is 4.87. The Labute approximate surface area is 135 Å². The van der Waals surface area contributed by atoms with Crippen LogP contribution in [0.2, 0.25) is 0 Å². The van der Waals surface area contributed by atoms with E-state index >= 15 is 0 Å². The molecule has 126 valence electrons. The minimum atomic E-state index is 0.616. The van der Waals surface area contributed by atoms with E-state index in [1.165, 1.54) is 38.5 Å². The smallest absolute Gasteiger partial charge is 0.0328 e. The molecule has 0 aromatic carbocycles. The van der Waals surface area contributed by atoms with Gasteiger partial charge in [0.1, 0.15) is 0 Å². The van der Waals surface area contributed by atoms with Crippen LogP contribution in [-0.4, -0.2) is 0 Å². The maximum Gasteiger partial charge on any atom is -0.0328 e. The van der Waals surface area contributed by atoms with Crippen LogP contribution >= 0.6 is 0 Å². The number of hydrogen-bond donors (Lipinski definition) is 0. The Kier molecular flexibility index (Phi) is 7.28. The Morgan fingerprint density at radius 2 is 1.48 bits per heavy atom. The van der Waals surface area contributed by atoms with Crippen molar-refractivity contribution in [3.8, 4) is 0 Å². The molecule has 21 heavy (non-hydrogen) atoms. The summed E-state index contributed by atoms with van der Waals surface area (Å²) < 4.78 is 0. The van der Waals surface area contributed by atoms with E-state index in [1.807, 2.05) is 0 Å². The summed E-state index contributed by atoms with van der Waals surface area (Å²) >= 11 is 0. The third-order valence-electron chi connectivity index (χ3n) is 7.20. The highest BCUT2D eigenvalue weighted by Crippen LogP contribution is 2.47. The van der Waals surface area contributed by atoms with Crippen molar-refractivity contribution in [3.05, 3.63) is 0 Å². The van der Waals surface area contributed by atoms with Crippen LogP contribution in [-0.2, 0) is 0 Å². The largest absolute Gasteiger partial charge is 0.0649 e. The second-order valence-corrected chi connectivity index (χ2v) is 9.23. The van der Waals surface area contributed by atoms with E-state index in [-0.39, 0.29) is 0 Å². The summed E-state index contributed by atoms with van der Waals surface area (Å²) in [5, 5.41) is 0. The fraction of sp³-hybridized carbons (Fsp3) is 1.00. The number of hydrogen-bond acceptors (Lipinski definition) is 0. The van der Waals surface area contributed by atoms with Gasteiger partial charge in [0.2, 0.25) is 0 Å². The van der Waals surface area contributed by atoms with Crippen molar-refractivity contribution in [2.75, 3.05) is 0 Å². The van der Waals surface area contributed by atoms with Crippen LogP contribution in [0.15, 0.2) is 0 Å². The van der Waals surface area contributed by atoms with E-state index in [9.17, 15) is 0 Å². The van der Waals surface area contributed by atoms with Gasteiger partial charge in [0.05, 0.1) is 0 Å². The first kappa shape index (κ1) is 19.0. The third kappa shape index (κ3) is 5.29. The molecular weight excluding hydrogens is 252 g/mol. The van der Waals surface area contributed by atoms with Crippen LogP contribution in [0.3, 0.4) is 0 Å². The van der Waals surface area contributed by atoms with Crippen molar-refractivity contribution < 1.29 is 0 Å². The molecule has 0 radical (unpaired) electrons. The van der Waals surface area contributed by atoms with Crippen molar-refractivity contribution in [2.45, 2.75) is 93.9 Å². The van der Waals surface area contributed by atoms with Crippen LogP contribution in [0.5, 0.6) is 0 Å². The van der Waals surface area contributed by atoms with Crippen molar-refractivity contribution in [1.29, 1.82) is 0 Å². The van der Waals surface area contributed by atoms with Crippen LogP contribution in [0.1, 0.15) is 93.9 Å². The van der Waals surface area contributed by atoms with E-state index in [1.54, 1.807) is 0 Å². The second-order valence-electron chi connectivity index (χ2n) is 9.23. The molecule has 1 fully saturated rings. The molecule has 1 aliphatic rings. The molecule has 0 bridgehead atoms. The van der Waals surface area contributed by atoms with E-state index in [2.05, 4.69) is 55.4 Å². The van der Waals surface area contributed by atoms with Crippen LogP contribution in [0.4, 0.5) is 0 Å². The molecule has 0 spiro atoms. The van der Waals surface area contributed by atoms with E-state index in [0.29, 0.717) is 5.41 Å². The minimum Gasteiger partial charge on any atom is -0.0649 e. The molecule has 0 aromatic rings. The fourth-order valence-electron chi connectivity index (χ4n) is 4.21. The Morgan fingerprint density at radius 3 is 1.95 bits per heavy atom. The van der Waals surface area contributed by atoms with Gasteiger partial charge in [-0.05, 0) is 73.0 Å². The molecule has 5 atom stereocenters. The normalized spacial score (nSPS) is 34.0. The second kappa shape index (κ2) is 8.02. The van der Waals surface area contributed by atoms with Gasteiger partial charge in [0.15, 0.2) is 0 Å². The molecule has 0 aliphatic heterocycles. The van der Waals surface area contributed by atoms with E-state index < -0.39 is 0 Å². The fourth-order valence-corrected chi connectivity index (χ4v) is 4.21. The van der Waals surface area contributed by atoms with Gasteiger partial charge >= 0.3 is 0 Å². The lowest BCUT2D eigenvalue weighted by molar-refractivity contribution is 0.148. The van der Waals surface area contributed by atoms with Crippen LogP contribution in [0, 0.1) is 40.9 Å². The van der Waals surface area contributed by atoms with Crippen molar-refractivity contribution in [2.24, 2.45) is 40.9 Å². The summed E-state index contributed by atoms with van der Waals surface area (Å²) in [6.07, 6.45) is 8.68. The predicted molar refractivity (Wildman–Crippen MR) is 96.5 cm³/mol. The highest BCUT2D eigenvalue weighted by atomic mass is 14.4. The van der Waals surface area contributed by atoms with E-state index in [4.69, 9.17) is 0 Å². The first-order valence-electron chi connectivity index (χ1n) is 9.70. The van der Waals surface area contributed by atoms with Gasteiger partial charge in [-0.25, -0.2) is 0 Å². The zero-order valence-corrected chi connectivity index (χ0v) is 16.2. The summed E-state index contributed by atoms with van der Waals surface area (Å²) in [4.78, 5) is 0. The molecule has 0 aromatic heterocycles. The van der Waals surface area contributed by atoms with E-state index in [0.717, 1.165) is 35.5 Å². The van der Waals surface area contributed by atoms with Gasteiger partial charge in [-0.15, -0.1) is 0 Å². The average molecular weight is 295 g/mol. The molecule has 0 nitrogen and oxygen atoms in total. The molecule has 1 aliphatic carbocycles. The van der Waals surface area contributed by atoms with Crippen molar-refractivity contribution >= 4 is 0 Å². The maximum atomic E-state index is 2.54. The molecule has 0 saturated heterocycles. The molecule has 0 N–H and O–H groups in total. The maximum absolute atomic E-state index is 2.54. The molecule has 1 saturated carbocycles. The summed E-state index contributed by atoms with van der Waals surface area (Å²) in [6.45, 7) is 19.6. The zero-order chi connectivity index (χ0) is 16.2. The minimum absolute atomic E-state index is 0.616. The Bertz CT molecular complexity index is 290. The van der Waals surface area contributed by atoms with Gasteiger partial charge in [-0.1, -0.05) is 61.8 Å². The summed E-state index contributed by atoms with van der Waals surface area (Å²) in [5.74, 6) is 5.35. The SMILES string of the molecule is CCC1(C)CCC(CC(C)C(C)C)C(C(C)C(C)C)CC1. The molecule has 0 heteroatoms. The highest BCUT2D eigenvalue weighted by Gasteiger charge is 2.36.